The van der Waals surface area contributed by atoms with E-state index in [2.05, 4.69) is 35.2 Å². The van der Waals surface area contributed by atoms with Crippen molar-refractivity contribution in [1.82, 2.24) is 9.80 Å². The van der Waals surface area contributed by atoms with Crippen molar-refractivity contribution in [3.05, 3.63) is 35.9 Å². The molecular weight excluding hydrogens is 302 g/mol. The van der Waals surface area contributed by atoms with Gasteiger partial charge in [0.05, 0.1) is 6.10 Å². The highest BCUT2D eigenvalue weighted by atomic mass is 16.5. The minimum absolute atomic E-state index is 0.0557. The van der Waals surface area contributed by atoms with E-state index in [0.717, 1.165) is 45.4 Å². The van der Waals surface area contributed by atoms with E-state index >= 15 is 0 Å². The number of hydrogen-bond acceptors (Lipinski definition) is 4. The molecule has 24 heavy (non-hydrogen) atoms. The number of benzene rings is 1. The summed E-state index contributed by atoms with van der Waals surface area (Å²) in [6.07, 6.45) is 2.62. The van der Waals surface area contributed by atoms with Crippen molar-refractivity contribution in [2.75, 3.05) is 33.2 Å². The third-order valence-electron chi connectivity index (χ3n) is 5.17. The molecule has 0 aliphatic carbocycles. The first kappa shape index (κ1) is 17.4. The maximum atomic E-state index is 12.5. The molecule has 2 heterocycles. The number of ether oxygens (including phenoxy) is 1. The molecular formula is C19H29N3O2. The van der Waals surface area contributed by atoms with Crippen LogP contribution in [0.2, 0.25) is 0 Å². The highest BCUT2D eigenvalue weighted by molar-refractivity contribution is 5.81. The monoisotopic (exact) mass is 331 g/mol. The number of likely N-dealkylation sites (tertiary alicyclic amines) is 1. The van der Waals surface area contributed by atoms with Crippen LogP contribution in [-0.4, -0.2) is 61.1 Å². The first-order chi connectivity index (χ1) is 11.7. The molecule has 5 heteroatoms. The molecule has 2 aliphatic rings. The van der Waals surface area contributed by atoms with Crippen LogP contribution in [-0.2, 0) is 16.1 Å². The molecule has 3 atom stereocenters. The number of likely N-dealkylation sites (N-methyl/N-ethyl adjacent to an activating group) is 1. The Bertz CT molecular complexity index is 537. The fourth-order valence-corrected chi connectivity index (χ4v) is 3.83. The molecule has 0 aromatic heterocycles. The lowest BCUT2D eigenvalue weighted by Crippen LogP contribution is -2.40. The molecule has 2 aliphatic heterocycles. The number of nitrogens with zero attached hydrogens (tertiary/aromatic N) is 2. The van der Waals surface area contributed by atoms with Gasteiger partial charge in [-0.15, -0.1) is 0 Å². The molecule has 0 spiro atoms. The quantitative estimate of drug-likeness (QED) is 0.858. The second kappa shape index (κ2) is 8.10. The molecule has 0 bridgehead atoms. The van der Waals surface area contributed by atoms with Gasteiger partial charge < -0.3 is 15.4 Å². The van der Waals surface area contributed by atoms with Gasteiger partial charge in [-0.25, -0.2) is 0 Å². The third kappa shape index (κ3) is 4.35. The Kier molecular flexibility index (Phi) is 5.87. The second-order valence-electron chi connectivity index (χ2n) is 7.15. The van der Waals surface area contributed by atoms with E-state index in [4.69, 9.17) is 10.5 Å². The third-order valence-corrected chi connectivity index (χ3v) is 5.17. The molecule has 2 fully saturated rings. The molecule has 5 nitrogen and oxygen atoms in total. The van der Waals surface area contributed by atoms with Gasteiger partial charge >= 0.3 is 0 Å². The number of carbonyl (C=O) groups excluding carboxylic acids is 1. The fourth-order valence-electron chi connectivity index (χ4n) is 3.83. The van der Waals surface area contributed by atoms with Gasteiger partial charge in [0.15, 0.2) is 0 Å². The van der Waals surface area contributed by atoms with E-state index in [1.807, 2.05) is 11.9 Å². The summed E-state index contributed by atoms with van der Waals surface area (Å²) >= 11 is 0. The second-order valence-corrected chi connectivity index (χ2v) is 7.15. The maximum absolute atomic E-state index is 12.5. The first-order valence-electron chi connectivity index (χ1n) is 9.02. The van der Waals surface area contributed by atoms with Gasteiger partial charge in [-0.05, 0) is 37.3 Å². The molecule has 132 valence electrons. The van der Waals surface area contributed by atoms with Crippen molar-refractivity contribution in [3.8, 4) is 0 Å². The van der Waals surface area contributed by atoms with Gasteiger partial charge in [0.1, 0.15) is 6.10 Å². The van der Waals surface area contributed by atoms with Crippen molar-refractivity contribution >= 4 is 5.91 Å². The van der Waals surface area contributed by atoms with Gasteiger partial charge in [0.25, 0.3) is 5.91 Å². The topological polar surface area (TPSA) is 58.8 Å². The molecule has 2 saturated heterocycles. The summed E-state index contributed by atoms with van der Waals surface area (Å²) in [6.45, 7) is 4.49. The number of rotatable bonds is 6. The van der Waals surface area contributed by atoms with E-state index in [1.165, 1.54) is 5.56 Å². The van der Waals surface area contributed by atoms with Crippen molar-refractivity contribution in [2.45, 2.75) is 38.0 Å². The van der Waals surface area contributed by atoms with Crippen LogP contribution >= 0.6 is 0 Å². The lowest BCUT2D eigenvalue weighted by atomic mass is 10.1. The van der Waals surface area contributed by atoms with E-state index in [1.54, 1.807) is 0 Å². The maximum Gasteiger partial charge on any atom is 0.251 e. The molecule has 1 aromatic carbocycles. The zero-order valence-electron chi connectivity index (χ0n) is 14.6. The number of carbonyl (C=O) groups is 1. The van der Waals surface area contributed by atoms with Crippen molar-refractivity contribution in [2.24, 2.45) is 11.7 Å². The smallest absolute Gasteiger partial charge is 0.251 e. The largest absolute Gasteiger partial charge is 0.364 e. The van der Waals surface area contributed by atoms with Crippen LogP contribution in [0.5, 0.6) is 0 Å². The van der Waals surface area contributed by atoms with Crippen molar-refractivity contribution < 1.29 is 9.53 Å². The van der Waals surface area contributed by atoms with Gasteiger partial charge in [0.2, 0.25) is 0 Å². The van der Waals surface area contributed by atoms with Crippen LogP contribution in [0, 0.1) is 5.92 Å². The Balaban J connectivity index is 1.44. The average molecular weight is 331 g/mol. The predicted molar refractivity (Wildman–Crippen MR) is 94.4 cm³/mol. The molecule has 0 saturated carbocycles. The standard InChI is InChI=1S/C19H29N3O2/c1-21(19(23)18-8-7-17(11-20)24-18)12-16-9-10-22(14-16)13-15-5-3-2-4-6-15/h2-6,16-18H,7-14,20H2,1H3/t16?,17-,18+/m1/s1. The fraction of sp³-hybridized carbons (Fsp3) is 0.632. The first-order valence-corrected chi connectivity index (χ1v) is 9.02. The number of hydrogen-bond donors (Lipinski definition) is 1. The molecule has 2 N–H and O–H groups in total. The Morgan fingerprint density at radius 2 is 2.08 bits per heavy atom. The van der Waals surface area contributed by atoms with Gasteiger partial charge in [-0.3, -0.25) is 9.69 Å². The Hall–Kier alpha value is -1.43. The summed E-state index contributed by atoms with van der Waals surface area (Å²) in [4.78, 5) is 16.9. The Morgan fingerprint density at radius 3 is 2.79 bits per heavy atom. The van der Waals surface area contributed by atoms with Crippen LogP contribution in [0.25, 0.3) is 0 Å². The minimum Gasteiger partial charge on any atom is -0.364 e. The average Bonchev–Trinajstić information content (AvgIpc) is 3.24. The lowest BCUT2D eigenvalue weighted by molar-refractivity contribution is -0.141. The molecule has 1 aromatic rings. The highest BCUT2D eigenvalue weighted by Crippen LogP contribution is 2.23. The Labute approximate surface area is 144 Å². The summed E-state index contributed by atoms with van der Waals surface area (Å²) in [5.41, 5.74) is 6.98. The summed E-state index contributed by atoms with van der Waals surface area (Å²) in [5.74, 6) is 0.668. The summed E-state index contributed by atoms with van der Waals surface area (Å²) in [7, 11) is 1.90. The van der Waals surface area contributed by atoms with E-state index in [0.29, 0.717) is 12.5 Å². The predicted octanol–water partition coefficient (Wildman–Crippen LogP) is 1.47. The van der Waals surface area contributed by atoms with Crippen LogP contribution in [0.1, 0.15) is 24.8 Å². The van der Waals surface area contributed by atoms with Crippen LogP contribution in [0.3, 0.4) is 0 Å². The van der Waals surface area contributed by atoms with E-state index in [9.17, 15) is 4.79 Å². The zero-order chi connectivity index (χ0) is 16.9. The molecule has 1 unspecified atom stereocenters. The van der Waals surface area contributed by atoms with E-state index in [-0.39, 0.29) is 18.1 Å². The van der Waals surface area contributed by atoms with Crippen LogP contribution in [0.15, 0.2) is 30.3 Å². The number of nitrogens with two attached hydrogens (primary N) is 1. The van der Waals surface area contributed by atoms with E-state index < -0.39 is 0 Å². The normalized spacial score (nSPS) is 27.5. The summed E-state index contributed by atoms with van der Waals surface area (Å²) < 4.78 is 5.73. The number of amides is 1. The van der Waals surface area contributed by atoms with Crippen LogP contribution in [0.4, 0.5) is 0 Å². The van der Waals surface area contributed by atoms with Gasteiger partial charge in [-0.1, -0.05) is 30.3 Å². The van der Waals surface area contributed by atoms with Crippen molar-refractivity contribution in [1.29, 1.82) is 0 Å². The van der Waals surface area contributed by atoms with Gasteiger partial charge in [-0.2, -0.15) is 0 Å². The summed E-state index contributed by atoms with van der Waals surface area (Å²) in [5, 5.41) is 0. The Morgan fingerprint density at radius 1 is 1.29 bits per heavy atom. The minimum atomic E-state index is -0.287. The SMILES string of the molecule is CN(CC1CCN(Cc2ccccc2)C1)C(=O)[C@@H]1CC[C@H](CN)O1. The molecule has 0 radical (unpaired) electrons. The van der Waals surface area contributed by atoms with Gasteiger partial charge in [0, 0.05) is 33.2 Å². The molecule has 3 rings (SSSR count). The van der Waals surface area contributed by atoms with Crippen LogP contribution < -0.4 is 5.73 Å². The molecule has 1 amide bonds. The lowest BCUT2D eigenvalue weighted by Gasteiger charge is -2.24. The highest BCUT2D eigenvalue weighted by Gasteiger charge is 2.33. The zero-order valence-corrected chi connectivity index (χ0v) is 14.6. The van der Waals surface area contributed by atoms with Crippen molar-refractivity contribution in [3.63, 3.8) is 0 Å². The summed E-state index contributed by atoms with van der Waals surface area (Å²) in [6, 6.07) is 10.6.